The molecule has 0 atom stereocenters. The third-order valence-electron chi connectivity index (χ3n) is 18.7. The normalized spacial score (nSPS) is 16.0. The molecule has 8 nitrogen and oxygen atoms in total. The van der Waals surface area contributed by atoms with Crippen molar-refractivity contribution < 1.29 is 39.4 Å². The van der Waals surface area contributed by atoms with Crippen LogP contribution in [-0.4, -0.2) is 73.3 Å². The number of hydrogen-bond acceptors (Lipinski definition) is 8. The van der Waals surface area contributed by atoms with E-state index in [4.69, 9.17) is 18.9 Å². The van der Waals surface area contributed by atoms with E-state index in [2.05, 4.69) is 211 Å². The molecule has 8 aromatic rings. The van der Waals surface area contributed by atoms with Gasteiger partial charge in [-0.25, -0.2) is 0 Å². The van der Waals surface area contributed by atoms with E-state index in [1.165, 1.54) is 142 Å². The molecule has 4 aliphatic carbocycles. The summed E-state index contributed by atoms with van der Waals surface area (Å²) in [6.07, 6.45) is 12.2. The zero-order valence-corrected chi connectivity index (χ0v) is 51.5. The Morgan fingerprint density at radius 2 is 0.605 bits per heavy atom. The zero-order valence-electron chi connectivity index (χ0n) is 51.5. The number of rotatable bonds is 18. The van der Waals surface area contributed by atoms with Crippen molar-refractivity contribution in [3.05, 3.63) is 237 Å². The second kappa shape index (κ2) is 26.0. The molecule has 0 amide bonds. The average Bonchev–Trinajstić information content (AvgIpc) is 1.53. The van der Waals surface area contributed by atoms with Crippen molar-refractivity contribution in [1.29, 1.82) is 0 Å². The van der Waals surface area contributed by atoms with E-state index in [1.807, 2.05) is 0 Å². The molecule has 4 aliphatic rings. The number of benzene rings is 8. The molecule has 0 aliphatic heterocycles. The quantitative estimate of drug-likeness (QED) is 0.0671. The fourth-order valence-corrected chi connectivity index (χ4v) is 14.9. The number of aliphatic hydroxyl groups is 4. The first-order chi connectivity index (χ1) is 41.8. The van der Waals surface area contributed by atoms with Crippen LogP contribution in [0.15, 0.2) is 170 Å². The van der Waals surface area contributed by atoms with Crippen molar-refractivity contribution >= 4 is 0 Å². The van der Waals surface area contributed by atoms with Crippen molar-refractivity contribution in [3.8, 4) is 45.3 Å². The van der Waals surface area contributed by atoms with Crippen molar-refractivity contribution in [1.82, 2.24) is 0 Å². The van der Waals surface area contributed by atoms with E-state index in [1.54, 1.807) is 0 Å². The monoisotopic (exact) mass is 1150 g/mol. The molecule has 4 N–H and O–H groups in total. The number of fused-ring (bicyclic) bond motifs is 6. The van der Waals surface area contributed by atoms with Gasteiger partial charge in [0.2, 0.25) is 0 Å². The summed E-state index contributed by atoms with van der Waals surface area (Å²) in [4.78, 5) is 0. The van der Waals surface area contributed by atoms with E-state index in [0.717, 1.165) is 34.1 Å². The fourth-order valence-electron chi connectivity index (χ4n) is 14.9. The molecule has 2 fully saturated rings. The lowest BCUT2D eigenvalue weighted by atomic mass is 9.66. The summed E-state index contributed by atoms with van der Waals surface area (Å²) in [5.41, 5.74) is 18.3. The molecule has 0 unspecified atom stereocenters. The van der Waals surface area contributed by atoms with Gasteiger partial charge in [-0.3, -0.25) is 0 Å². The Labute approximate surface area is 510 Å². The first kappa shape index (κ1) is 60.5. The van der Waals surface area contributed by atoms with Crippen LogP contribution in [0.2, 0.25) is 0 Å². The maximum absolute atomic E-state index is 9.62. The third-order valence-corrected chi connectivity index (χ3v) is 18.7. The Hall–Kier alpha value is -7.20. The lowest BCUT2D eigenvalue weighted by molar-refractivity contribution is 0.198. The van der Waals surface area contributed by atoms with Crippen LogP contribution < -0.4 is 18.9 Å². The van der Waals surface area contributed by atoms with Gasteiger partial charge in [-0.05, 0) is 174 Å². The van der Waals surface area contributed by atoms with E-state index in [-0.39, 0.29) is 50.5 Å². The summed E-state index contributed by atoms with van der Waals surface area (Å²) < 4.78 is 24.5. The van der Waals surface area contributed by atoms with Gasteiger partial charge in [-0.15, -0.1) is 0 Å². The van der Waals surface area contributed by atoms with Gasteiger partial charge >= 0.3 is 0 Å². The molecule has 0 aromatic heterocycles. The predicted octanol–water partition coefficient (Wildman–Crippen LogP) is 16.3. The minimum Gasteiger partial charge on any atom is -0.491 e. The molecule has 86 heavy (non-hydrogen) atoms. The molecule has 448 valence electrons. The summed E-state index contributed by atoms with van der Waals surface area (Å²) in [5.74, 6) is 4.31. The van der Waals surface area contributed by atoms with Crippen molar-refractivity contribution in [2.75, 3.05) is 52.9 Å². The highest BCUT2D eigenvalue weighted by atomic mass is 16.5. The maximum atomic E-state index is 9.62. The highest BCUT2D eigenvalue weighted by Crippen LogP contribution is 2.60. The van der Waals surface area contributed by atoms with E-state index in [9.17, 15) is 20.4 Å². The van der Waals surface area contributed by atoms with Crippen LogP contribution in [-0.2, 0) is 21.7 Å². The molecule has 8 aromatic carbocycles. The Morgan fingerprint density at radius 1 is 0.337 bits per heavy atom. The average molecular weight is 1150 g/mol. The molecular weight excluding hydrogens is 1060 g/mol. The number of aliphatic hydroxyl groups excluding tert-OH is 4. The fraction of sp³-hybridized carbons (Fsp3) is 0.385. The smallest absolute Gasteiger partial charge is 0.123 e. The Morgan fingerprint density at radius 3 is 0.895 bits per heavy atom. The van der Waals surface area contributed by atoms with Crippen LogP contribution >= 0.6 is 0 Å². The molecule has 12 rings (SSSR count). The highest BCUT2D eigenvalue weighted by molar-refractivity contribution is 5.88. The van der Waals surface area contributed by atoms with Crippen molar-refractivity contribution in [3.63, 3.8) is 0 Å². The van der Waals surface area contributed by atoms with Crippen LogP contribution in [0.5, 0.6) is 23.0 Å². The van der Waals surface area contributed by atoms with Crippen LogP contribution in [0.4, 0.5) is 0 Å². The van der Waals surface area contributed by atoms with Crippen LogP contribution in [0, 0.1) is 0 Å². The van der Waals surface area contributed by atoms with Gasteiger partial charge in [-0.1, -0.05) is 214 Å². The molecule has 0 spiro atoms. The standard InChI is InChI=1S/C41H46O4.C37H42O4/c42-23-25-44-39-21-19-31(27-35(39)29-11-3-1-4-12-29)41(37-17-9-7-15-33(37)34-16-8-10-18-38(34)41)32-20-22-40(45-26-24-43)36(28-32)30-13-5-2-6-14-30;1-35(2,3)31-23-25(15-17-33(31)40-21-19-38)37(26-16-18-34(41-22-20-39)32(24-26)36(4,5)6)29-13-9-7-11-27(29)28-12-8-10-14-30(28)37/h7-10,15-22,27-30,42-43H,1-6,11-14,23-26H2;7-18,23-24,38-39H,19-22H2,1-6H3. The minimum atomic E-state index is -0.571. The van der Waals surface area contributed by atoms with Gasteiger partial charge in [0.05, 0.1) is 37.3 Å². The summed E-state index contributed by atoms with van der Waals surface area (Å²) >= 11 is 0. The second-order valence-electron chi connectivity index (χ2n) is 26.1. The van der Waals surface area contributed by atoms with E-state index < -0.39 is 10.8 Å². The summed E-state index contributed by atoms with van der Waals surface area (Å²) in [6.45, 7) is 14.3. The maximum Gasteiger partial charge on any atom is 0.123 e. The molecule has 0 bridgehead atoms. The van der Waals surface area contributed by atoms with Crippen LogP contribution in [0.1, 0.15) is 184 Å². The van der Waals surface area contributed by atoms with Gasteiger partial charge in [0, 0.05) is 0 Å². The van der Waals surface area contributed by atoms with Gasteiger partial charge in [-0.2, -0.15) is 0 Å². The van der Waals surface area contributed by atoms with Crippen LogP contribution in [0.3, 0.4) is 0 Å². The largest absolute Gasteiger partial charge is 0.491 e. The second-order valence-corrected chi connectivity index (χ2v) is 26.1. The first-order valence-corrected chi connectivity index (χ1v) is 31.7. The third kappa shape index (κ3) is 11.4. The SMILES string of the molecule is CC(C)(C)c1cc(C2(c3ccc(OCCO)c(C(C)(C)C)c3)c3ccccc3-c3ccccc32)ccc1OCCO.OCCOc1ccc(C2(c3ccc(OCCO)c(C4CCCCC4)c3)c3ccccc3-c3ccccc32)cc1C1CCCCC1. The molecule has 0 radical (unpaired) electrons. The zero-order chi connectivity index (χ0) is 60.1. The summed E-state index contributed by atoms with van der Waals surface area (Å²) in [7, 11) is 0. The van der Waals surface area contributed by atoms with Crippen molar-refractivity contribution in [2.45, 2.75) is 139 Å². The highest BCUT2D eigenvalue weighted by Gasteiger charge is 2.49. The molecule has 0 heterocycles. The van der Waals surface area contributed by atoms with Crippen molar-refractivity contribution in [2.24, 2.45) is 0 Å². The number of ether oxygens (including phenoxy) is 4. The Bertz CT molecular complexity index is 3390. The van der Waals surface area contributed by atoms with Gasteiger partial charge < -0.3 is 39.4 Å². The van der Waals surface area contributed by atoms with E-state index in [0.29, 0.717) is 25.0 Å². The lowest BCUT2D eigenvalue weighted by Gasteiger charge is -2.36. The van der Waals surface area contributed by atoms with Gasteiger partial charge in [0.1, 0.15) is 49.4 Å². The molecule has 2 saturated carbocycles. The number of hydrogen-bond donors (Lipinski definition) is 4. The van der Waals surface area contributed by atoms with E-state index >= 15 is 0 Å². The predicted molar refractivity (Wildman–Crippen MR) is 347 cm³/mol. The molecule has 8 heteroatoms. The Balaban J connectivity index is 0.000000180. The lowest BCUT2D eigenvalue weighted by Crippen LogP contribution is -2.30. The molecule has 0 saturated heterocycles. The van der Waals surface area contributed by atoms with Crippen LogP contribution in [0.25, 0.3) is 22.3 Å². The Kier molecular flexibility index (Phi) is 18.3. The first-order valence-electron chi connectivity index (χ1n) is 31.7. The summed E-state index contributed by atoms with van der Waals surface area (Å²) in [5, 5.41) is 38.2. The topological polar surface area (TPSA) is 118 Å². The molecular formula is C78H88O8. The summed E-state index contributed by atoms with van der Waals surface area (Å²) in [6, 6.07) is 62.2. The van der Waals surface area contributed by atoms with Gasteiger partial charge in [0.15, 0.2) is 0 Å². The van der Waals surface area contributed by atoms with Gasteiger partial charge in [0.25, 0.3) is 0 Å². The minimum absolute atomic E-state index is 0.00515.